The molecule has 0 aliphatic rings. The number of hydrogen-bond acceptors (Lipinski definition) is 4. The van der Waals surface area contributed by atoms with Crippen molar-refractivity contribution in [1.29, 1.82) is 0 Å². The molecular formula is C17H21FN2O2. The Balaban J connectivity index is 2.53. The first-order chi connectivity index (χ1) is 10.5. The van der Waals surface area contributed by atoms with Crippen LogP contribution in [0, 0.1) is 0 Å². The lowest BCUT2D eigenvalue weighted by atomic mass is 10.2. The van der Waals surface area contributed by atoms with Gasteiger partial charge in [0.05, 0.1) is 0 Å². The van der Waals surface area contributed by atoms with Crippen LogP contribution in [0.2, 0.25) is 0 Å². The molecule has 0 fully saturated rings. The molecule has 0 aliphatic heterocycles. The second-order valence-electron chi connectivity index (χ2n) is 4.57. The molecule has 1 aromatic heterocycles. The fourth-order valence-corrected chi connectivity index (χ4v) is 1.35. The van der Waals surface area contributed by atoms with Crippen LogP contribution in [0.5, 0.6) is 5.88 Å². The second kappa shape index (κ2) is 9.52. The summed E-state index contributed by atoms with van der Waals surface area (Å²) in [5.41, 5.74) is 2.50. The molecule has 0 saturated heterocycles. The zero-order valence-electron chi connectivity index (χ0n) is 12.6. The van der Waals surface area contributed by atoms with E-state index in [1.807, 2.05) is 30.4 Å². The number of hydrogen-bond donors (Lipinski definition) is 2. The Labute approximate surface area is 130 Å². The average molecular weight is 304 g/mol. The quantitative estimate of drug-likeness (QED) is 0.689. The number of aliphatic hydroxyl groups excluding tert-OH is 1. The molecule has 4 nitrogen and oxygen atoms in total. The number of nitrogens with one attached hydrogen (secondary N) is 1. The van der Waals surface area contributed by atoms with Crippen LogP contribution in [-0.4, -0.2) is 36.5 Å². The van der Waals surface area contributed by atoms with Gasteiger partial charge in [-0.3, -0.25) is 0 Å². The minimum Gasteiger partial charge on any atom is -0.475 e. The molecule has 0 amide bonds. The third-order valence-electron chi connectivity index (χ3n) is 2.67. The lowest BCUT2D eigenvalue weighted by molar-refractivity contribution is 0.0821. The van der Waals surface area contributed by atoms with Crippen molar-refractivity contribution < 1.29 is 14.2 Å². The van der Waals surface area contributed by atoms with Gasteiger partial charge in [0, 0.05) is 25.0 Å². The fourth-order valence-electron chi connectivity index (χ4n) is 1.35. The van der Waals surface area contributed by atoms with E-state index in [1.165, 1.54) is 0 Å². The summed E-state index contributed by atoms with van der Waals surface area (Å²) in [7, 11) is 1.80. The maximum absolute atomic E-state index is 12.1. The minimum absolute atomic E-state index is 0.115. The molecule has 1 heterocycles. The number of alkyl halides is 1. The fraction of sp³-hybridized carbons (Fsp3) is 0.235. The summed E-state index contributed by atoms with van der Waals surface area (Å²) in [6.45, 7) is 6.73. The Morgan fingerprint density at radius 1 is 1.41 bits per heavy atom. The maximum atomic E-state index is 12.1. The number of likely N-dealkylation sites (N-methyl/N-ethyl adjacent to an activating group) is 1. The van der Waals surface area contributed by atoms with Crippen molar-refractivity contribution in [3.05, 3.63) is 66.5 Å². The standard InChI is InChI=1S/C17H21FN2O2/c1-13(4-6-14(2)19-3)5-7-15-8-9-17(20-11-15)22-12-16(21)10-18/h4-9,11,16,19,21H,1-2,10,12H2,3H3/b6-4-,7-5+. The van der Waals surface area contributed by atoms with E-state index >= 15 is 0 Å². The summed E-state index contributed by atoms with van der Waals surface area (Å²) in [6, 6.07) is 3.47. The number of aromatic nitrogens is 1. The molecule has 0 bridgehead atoms. The average Bonchev–Trinajstić information content (AvgIpc) is 2.56. The van der Waals surface area contributed by atoms with E-state index in [2.05, 4.69) is 23.5 Å². The van der Waals surface area contributed by atoms with Crippen molar-refractivity contribution in [2.24, 2.45) is 0 Å². The Bertz CT molecular complexity index is 550. The highest BCUT2D eigenvalue weighted by Gasteiger charge is 2.04. The number of pyridine rings is 1. The van der Waals surface area contributed by atoms with Crippen LogP contribution < -0.4 is 10.1 Å². The number of rotatable bonds is 9. The van der Waals surface area contributed by atoms with Gasteiger partial charge in [-0.2, -0.15) is 0 Å². The molecule has 2 N–H and O–H groups in total. The van der Waals surface area contributed by atoms with Crippen LogP contribution in [0.25, 0.3) is 6.08 Å². The molecule has 0 radical (unpaired) electrons. The normalized spacial score (nSPS) is 12.5. The van der Waals surface area contributed by atoms with E-state index in [0.717, 1.165) is 16.8 Å². The molecule has 1 aromatic rings. The van der Waals surface area contributed by atoms with Crippen LogP contribution >= 0.6 is 0 Å². The van der Waals surface area contributed by atoms with Gasteiger partial charge in [-0.25, -0.2) is 9.37 Å². The van der Waals surface area contributed by atoms with Crippen molar-refractivity contribution in [3.8, 4) is 5.88 Å². The Kier molecular flexibility index (Phi) is 7.64. The number of nitrogens with zero attached hydrogens (tertiary/aromatic N) is 1. The van der Waals surface area contributed by atoms with Crippen molar-refractivity contribution in [2.45, 2.75) is 6.10 Å². The summed E-state index contributed by atoms with van der Waals surface area (Å²) < 4.78 is 17.2. The zero-order chi connectivity index (χ0) is 16.4. The van der Waals surface area contributed by atoms with E-state index in [1.54, 1.807) is 19.3 Å². The minimum atomic E-state index is -1.12. The maximum Gasteiger partial charge on any atom is 0.213 e. The zero-order valence-corrected chi connectivity index (χ0v) is 12.6. The smallest absolute Gasteiger partial charge is 0.213 e. The van der Waals surface area contributed by atoms with E-state index in [9.17, 15) is 4.39 Å². The molecule has 1 unspecified atom stereocenters. The van der Waals surface area contributed by atoms with Gasteiger partial charge in [0.25, 0.3) is 0 Å². The Hall–Kier alpha value is -2.40. The first kappa shape index (κ1) is 17.7. The van der Waals surface area contributed by atoms with Gasteiger partial charge in [0.2, 0.25) is 5.88 Å². The van der Waals surface area contributed by atoms with Crippen LogP contribution in [0.3, 0.4) is 0 Å². The molecule has 5 heteroatoms. The van der Waals surface area contributed by atoms with Gasteiger partial charge in [0.15, 0.2) is 0 Å². The summed E-state index contributed by atoms with van der Waals surface area (Å²) in [4.78, 5) is 4.07. The molecule has 1 rings (SSSR count). The molecule has 118 valence electrons. The third-order valence-corrected chi connectivity index (χ3v) is 2.67. The summed E-state index contributed by atoms with van der Waals surface area (Å²) >= 11 is 0. The molecule has 0 saturated carbocycles. The highest BCUT2D eigenvalue weighted by molar-refractivity contribution is 5.53. The lowest BCUT2D eigenvalue weighted by Gasteiger charge is -2.07. The monoisotopic (exact) mass is 304 g/mol. The Morgan fingerprint density at radius 2 is 2.18 bits per heavy atom. The molecule has 0 aromatic carbocycles. The van der Waals surface area contributed by atoms with Crippen LogP contribution in [-0.2, 0) is 0 Å². The van der Waals surface area contributed by atoms with Crippen molar-refractivity contribution in [3.63, 3.8) is 0 Å². The van der Waals surface area contributed by atoms with Crippen LogP contribution in [0.15, 0.2) is 61.0 Å². The van der Waals surface area contributed by atoms with Gasteiger partial charge in [-0.05, 0) is 23.3 Å². The highest BCUT2D eigenvalue weighted by Crippen LogP contribution is 2.10. The Morgan fingerprint density at radius 3 is 2.77 bits per heavy atom. The number of allylic oxidation sites excluding steroid dienone is 4. The van der Waals surface area contributed by atoms with E-state index in [-0.39, 0.29) is 6.61 Å². The SMILES string of the molecule is C=C(/C=C\C(=C)NC)/C=C/c1ccc(OCC(O)CF)nc1. The summed E-state index contributed by atoms with van der Waals surface area (Å²) in [6.07, 6.45) is 7.89. The first-order valence-corrected chi connectivity index (χ1v) is 6.79. The molecule has 22 heavy (non-hydrogen) atoms. The lowest BCUT2D eigenvalue weighted by Crippen LogP contribution is -2.19. The largest absolute Gasteiger partial charge is 0.475 e. The molecule has 0 aliphatic carbocycles. The second-order valence-corrected chi connectivity index (χ2v) is 4.57. The van der Waals surface area contributed by atoms with Crippen molar-refractivity contribution in [1.82, 2.24) is 10.3 Å². The number of halogens is 1. The van der Waals surface area contributed by atoms with Gasteiger partial charge in [0.1, 0.15) is 19.4 Å². The molecule has 0 spiro atoms. The highest BCUT2D eigenvalue weighted by atomic mass is 19.1. The van der Waals surface area contributed by atoms with Crippen molar-refractivity contribution in [2.75, 3.05) is 20.3 Å². The predicted octanol–water partition coefficient (Wildman–Crippen LogP) is 2.65. The number of aliphatic hydroxyl groups is 1. The van der Waals surface area contributed by atoms with Gasteiger partial charge >= 0.3 is 0 Å². The van der Waals surface area contributed by atoms with E-state index < -0.39 is 12.8 Å². The molecule has 1 atom stereocenters. The van der Waals surface area contributed by atoms with E-state index in [0.29, 0.717) is 5.88 Å². The van der Waals surface area contributed by atoms with Crippen LogP contribution in [0.1, 0.15) is 5.56 Å². The molecular weight excluding hydrogens is 283 g/mol. The van der Waals surface area contributed by atoms with Crippen molar-refractivity contribution >= 4 is 6.08 Å². The van der Waals surface area contributed by atoms with E-state index in [4.69, 9.17) is 9.84 Å². The predicted molar refractivity (Wildman–Crippen MR) is 87.2 cm³/mol. The van der Waals surface area contributed by atoms with Crippen LogP contribution in [0.4, 0.5) is 4.39 Å². The van der Waals surface area contributed by atoms with Gasteiger partial charge in [-0.1, -0.05) is 31.4 Å². The third kappa shape index (κ3) is 6.85. The summed E-state index contributed by atoms with van der Waals surface area (Å²) in [5, 5.41) is 12.0. The number of ether oxygens (including phenoxy) is 1. The van der Waals surface area contributed by atoms with Gasteiger partial charge in [-0.15, -0.1) is 0 Å². The first-order valence-electron chi connectivity index (χ1n) is 6.79. The van der Waals surface area contributed by atoms with Gasteiger partial charge < -0.3 is 15.2 Å². The summed E-state index contributed by atoms with van der Waals surface area (Å²) in [5.74, 6) is 0.341. The topological polar surface area (TPSA) is 54.4 Å².